The highest BCUT2D eigenvalue weighted by atomic mass is 35.5. The van der Waals surface area contributed by atoms with Crippen LogP contribution in [0, 0.1) is 6.92 Å². The van der Waals surface area contributed by atoms with E-state index in [9.17, 15) is 0 Å². The third-order valence-electron chi connectivity index (χ3n) is 2.19. The highest BCUT2D eigenvalue weighted by Gasteiger charge is 2.12. The van der Waals surface area contributed by atoms with Gasteiger partial charge < -0.3 is 10.2 Å². The number of aromatic nitrogens is 1. The lowest BCUT2D eigenvalue weighted by Gasteiger charge is -2.08. The number of hydrogen-bond acceptors (Lipinski definition) is 3. The fraction of sp³-hybridized carbons (Fsp3) is 0.182. The predicted molar refractivity (Wildman–Crippen MR) is 58.7 cm³/mol. The van der Waals surface area contributed by atoms with E-state index < -0.39 is 0 Å². The average molecular weight is 223 g/mol. The van der Waals surface area contributed by atoms with Crippen molar-refractivity contribution in [2.45, 2.75) is 13.0 Å². The Morgan fingerprint density at radius 2 is 2.13 bits per heavy atom. The molecular formula is C11H11ClN2O. The van der Waals surface area contributed by atoms with Crippen molar-refractivity contribution in [3.63, 3.8) is 0 Å². The summed E-state index contributed by atoms with van der Waals surface area (Å²) in [5.74, 6) is 0.644. The highest BCUT2D eigenvalue weighted by Crippen LogP contribution is 2.23. The number of nitrogens with two attached hydrogens (primary N) is 1. The zero-order valence-corrected chi connectivity index (χ0v) is 9.03. The Labute approximate surface area is 92.9 Å². The van der Waals surface area contributed by atoms with Gasteiger partial charge >= 0.3 is 0 Å². The number of hydrogen-bond donors (Lipinski definition) is 1. The number of halogens is 1. The maximum absolute atomic E-state index is 5.99. The van der Waals surface area contributed by atoms with E-state index in [1.54, 1.807) is 18.3 Å². The quantitative estimate of drug-likeness (QED) is 0.850. The van der Waals surface area contributed by atoms with Gasteiger partial charge in [0.1, 0.15) is 5.76 Å². The minimum Gasteiger partial charge on any atom is -0.448 e. The van der Waals surface area contributed by atoms with Gasteiger partial charge in [-0.3, -0.25) is 4.98 Å². The summed E-state index contributed by atoms with van der Waals surface area (Å²) in [4.78, 5) is 4.18. The Hall–Kier alpha value is -1.32. The predicted octanol–water partition coefficient (Wildman–Crippen LogP) is 2.68. The molecule has 2 rings (SSSR count). The summed E-state index contributed by atoms with van der Waals surface area (Å²) in [6, 6.07) is 6.99. The molecular weight excluding hydrogens is 212 g/mol. The molecule has 3 nitrogen and oxygen atoms in total. The van der Waals surface area contributed by atoms with Gasteiger partial charge in [0.15, 0.2) is 5.22 Å². The van der Waals surface area contributed by atoms with E-state index >= 15 is 0 Å². The summed E-state index contributed by atoms with van der Waals surface area (Å²) in [7, 11) is 0. The number of aryl methyl sites for hydroxylation is 1. The topological polar surface area (TPSA) is 52.0 Å². The van der Waals surface area contributed by atoms with Crippen molar-refractivity contribution in [1.29, 1.82) is 0 Å². The van der Waals surface area contributed by atoms with Crippen LogP contribution >= 0.6 is 11.6 Å². The van der Waals surface area contributed by atoms with Crippen molar-refractivity contribution in [3.05, 3.63) is 52.7 Å². The lowest BCUT2D eigenvalue weighted by Crippen LogP contribution is -2.11. The lowest BCUT2D eigenvalue weighted by molar-refractivity contribution is 0.491. The fourth-order valence-corrected chi connectivity index (χ4v) is 1.47. The van der Waals surface area contributed by atoms with Gasteiger partial charge in [-0.25, -0.2) is 0 Å². The van der Waals surface area contributed by atoms with Gasteiger partial charge in [0.25, 0.3) is 0 Å². The lowest BCUT2D eigenvalue weighted by atomic mass is 10.1. The molecule has 0 saturated carbocycles. The van der Waals surface area contributed by atoms with Crippen LogP contribution in [-0.4, -0.2) is 4.98 Å². The van der Waals surface area contributed by atoms with E-state index in [0.29, 0.717) is 11.0 Å². The van der Waals surface area contributed by atoms with Gasteiger partial charge in [-0.1, -0.05) is 6.07 Å². The molecule has 0 amide bonds. The summed E-state index contributed by atoms with van der Waals surface area (Å²) < 4.78 is 5.24. The molecule has 0 radical (unpaired) electrons. The number of furan rings is 1. The zero-order chi connectivity index (χ0) is 10.8. The molecule has 0 aliphatic carbocycles. The molecule has 0 spiro atoms. The molecule has 0 bridgehead atoms. The van der Waals surface area contributed by atoms with Crippen LogP contribution in [0.4, 0.5) is 0 Å². The van der Waals surface area contributed by atoms with Crippen molar-refractivity contribution in [2.24, 2.45) is 5.73 Å². The third-order valence-corrected chi connectivity index (χ3v) is 2.40. The van der Waals surface area contributed by atoms with Crippen molar-refractivity contribution in [2.75, 3.05) is 0 Å². The molecule has 2 aromatic heterocycles. The Morgan fingerprint density at radius 1 is 1.33 bits per heavy atom. The van der Waals surface area contributed by atoms with Gasteiger partial charge in [0.05, 0.1) is 6.04 Å². The number of pyridine rings is 1. The van der Waals surface area contributed by atoms with Crippen molar-refractivity contribution >= 4 is 11.6 Å². The molecule has 2 aromatic rings. The van der Waals surface area contributed by atoms with E-state index in [-0.39, 0.29) is 6.04 Å². The highest BCUT2D eigenvalue weighted by molar-refractivity contribution is 6.28. The minimum atomic E-state index is -0.314. The zero-order valence-electron chi connectivity index (χ0n) is 8.27. The molecule has 0 fully saturated rings. The normalized spacial score (nSPS) is 12.7. The molecule has 0 aliphatic heterocycles. The first-order valence-corrected chi connectivity index (χ1v) is 4.98. The molecule has 78 valence electrons. The van der Waals surface area contributed by atoms with E-state index in [1.165, 1.54) is 0 Å². The second-order valence-electron chi connectivity index (χ2n) is 3.35. The fourth-order valence-electron chi connectivity index (χ4n) is 1.32. The van der Waals surface area contributed by atoms with Crippen molar-refractivity contribution in [1.82, 2.24) is 4.98 Å². The van der Waals surface area contributed by atoms with Gasteiger partial charge in [0, 0.05) is 11.9 Å². The first-order chi connectivity index (χ1) is 7.16. The van der Waals surface area contributed by atoms with Gasteiger partial charge in [-0.15, -0.1) is 0 Å². The summed E-state index contributed by atoms with van der Waals surface area (Å²) in [6.07, 6.45) is 1.75. The Balaban J connectivity index is 2.28. The van der Waals surface area contributed by atoms with Crippen LogP contribution < -0.4 is 5.73 Å². The van der Waals surface area contributed by atoms with Crippen molar-refractivity contribution < 1.29 is 4.42 Å². The van der Waals surface area contributed by atoms with E-state index in [1.807, 2.05) is 19.1 Å². The van der Waals surface area contributed by atoms with E-state index in [4.69, 9.17) is 21.8 Å². The summed E-state index contributed by atoms with van der Waals surface area (Å²) in [6.45, 7) is 1.93. The Morgan fingerprint density at radius 3 is 2.67 bits per heavy atom. The molecule has 0 saturated heterocycles. The first kappa shape index (κ1) is 10.2. The smallest absolute Gasteiger partial charge is 0.193 e. The summed E-state index contributed by atoms with van der Waals surface area (Å²) >= 11 is 5.68. The van der Waals surface area contributed by atoms with Crippen LogP contribution in [0.25, 0.3) is 0 Å². The maximum atomic E-state index is 5.99. The average Bonchev–Trinajstić information content (AvgIpc) is 2.65. The second kappa shape index (κ2) is 4.04. The number of rotatable bonds is 2. The summed E-state index contributed by atoms with van der Waals surface area (Å²) in [5, 5.41) is 0.348. The molecule has 1 atom stereocenters. The molecule has 0 aromatic carbocycles. The first-order valence-electron chi connectivity index (χ1n) is 4.60. The molecule has 0 aliphatic rings. The minimum absolute atomic E-state index is 0.314. The number of nitrogens with zero attached hydrogens (tertiary/aromatic N) is 1. The van der Waals surface area contributed by atoms with E-state index in [0.717, 1.165) is 11.3 Å². The third kappa shape index (κ3) is 2.19. The Bertz CT molecular complexity index is 450. The largest absolute Gasteiger partial charge is 0.448 e. The monoisotopic (exact) mass is 222 g/mol. The van der Waals surface area contributed by atoms with Gasteiger partial charge in [-0.05, 0) is 42.3 Å². The Kier molecular flexibility index (Phi) is 2.75. The molecule has 2 N–H and O–H groups in total. The van der Waals surface area contributed by atoms with Gasteiger partial charge in [-0.2, -0.15) is 0 Å². The van der Waals surface area contributed by atoms with Crippen LogP contribution in [0.3, 0.4) is 0 Å². The molecule has 4 heteroatoms. The summed E-state index contributed by atoms with van der Waals surface area (Å²) in [5.41, 5.74) is 7.86. The van der Waals surface area contributed by atoms with Crippen LogP contribution in [0.2, 0.25) is 5.22 Å². The molecule has 2 heterocycles. The SMILES string of the molecule is Cc1ccc(C(N)c2ccc(Cl)o2)cn1. The molecule has 1 unspecified atom stereocenters. The van der Waals surface area contributed by atoms with Crippen LogP contribution in [-0.2, 0) is 0 Å². The van der Waals surface area contributed by atoms with E-state index in [2.05, 4.69) is 4.98 Å². The maximum Gasteiger partial charge on any atom is 0.193 e. The van der Waals surface area contributed by atoms with Gasteiger partial charge in [0.2, 0.25) is 0 Å². The molecule has 15 heavy (non-hydrogen) atoms. The van der Waals surface area contributed by atoms with Crippen LogP contribution in [0.1, 0.15) is 23.1 Å². The van der Waals surface area contributed by atoms with Crippen LogP contribution in [0.15, 0.2) is 34.9 Å². The standard InChI is InChI=1S/C11H11ClN2O/c1-7-2-3-8(6-14-7)11(13)9-4-5-10(12)15-9/h2-6,11H,13H2,1H3. The van der Waals surface area contributed by atoms with Crippen molar-refractivity contribution in [3.8, 4) is 0 Å². The van der Waals surface area contributed by atoms with Crippen LogP contribution in [0.5, 0.6) is 0 Å². The second-order valence-corrected chi connectivity index (χ2v) is 3.72.